The van der Waals surface area contributed by atoms with Gasteiger partial charge in [0.15, 0.2) is 18.2 Å². The molecule has 0 spiro atoms. The van der Waals surface area contributed by atoms with E-state index < -0.39 is 28.5 Å². The molecular formula is C19H18N4O6S2. The SMILES string of the molecule is CSc1nc(-c2ccco2)nc(C)c1C(=O)OCC(=O)Nc1cccc(S(N)(=O)=O)c1. The van der Waals surface area contributed by atoms with Crippen molar-refractivity contribution in [2.45, 2.75) is 16.8 Å². The third kappa shape index (κ3) is 5.48. The summed E-state index contributed by atoms with van der Waals surface area (Å²) in [7, 11) is -3.91. The van der Waals surface area contributed by atoms with Crippen LogP contribution >= 0.6 is 11.8 Å². The molecule has 10 nitrogen and oxygen atoms in total. The fourth-order valence-electron chi connectivity index (χ4n) is 2.60. The minimum atomic E-state index is -3.91. The molecule has 3 rings (SSSR count). The highest BCUT2D eigenvalue weighted by Crippen LogP contribution is 2.25. The highest BCUT2D eigenvalue weighted by Gasteiger charge is 2.22. The molecule has 0 saturated heterocycles. The molecule has 3 N–H and O–H groups in total. The van der Waals surface area contributed by atoms with Crippen molar-refractivity contribution < 1.29 is 27.2 Å². The minimum absolute atomic E-state index is 0.145. The Morgan fingerprint density at radius 2 is 2.00 bits per heavy atom. The van der Waals surface area contributed by atoms with Crippen molar-refractivity contribution in [1.82, 2.24) is 9.97 Å². The summed E-state index contributed by atoms with van der Waals surface area (Å²) < 4.78 is 33.2. The van der Waals surface area contributed by atoms with Crippen LogP contribution < -0.4 is 10.5 Å². The zero-order valence-electron chi connectivity index (χ0n) is 16.5. The van der Waals surface area contributed by atoms with Crippen molar-refractivity contribution in [3.8, 4) is 11.6 Å². The van der Waals surface area contributed by atoms with Crippen LogP contribution in [0.5, 0.6) is 0 Å². The van der Waals surface area contributed by atoms with Crippen LogP contribution in [0.15, 0.2) is 57.0 Å². The van der Waals surface area contributed by atoms with E-state index in [9.17, 15) is 18.0 Å². The molecule has 0 aliphatic heterocycles. The summed E-state index contributed by atoms with van der Waals surface area (Å²) in [5.41, 5.74) is 0.712. The van der Waals surface area contributed by atoms with Crippen LogP contribution in [0.2, 0.25) is 0 Å². The van der Waals surface area contributed by atoms with E-state index in [2.05, 4.69) is 15.3 Å². The van der Waals surface area contributed by atoms with Gasteiger partial charge in [0, 0.05) is 5.69 Å². The Balaban J connectivity index is 1.70. The molecule has 2 heterocycles. The molecule has 0 aliphatic rings. The molecule has 0 radical (unpaired) electrons. The summed E-state index contributed by atoms with van der Waals surface area (Å²) in [6, 6.07) is 8.80. The Hall–Kier alpha value is -3.22. The number of nitrogens with one attached hydrogen (secondary N) is 1. The molecule has 1 aromatic carbocycles. The zero-order valence-corrected chi connectivity index (χ0v) is 18.1. The number of esters is 1. The molecule has 0 unspecified atom stereocenters. The number of carbonyl (C=O) groups is 2. The van der Waals surface area contributed by atoms with Gasteiger partial charge in [0.25, 0.3) is 5.91 Å². The second-order valence-electron chi connectivity index (χ2n) is 6.19. The fourth-order valence-corrected chi connectivity index (χ4v) is 3.77. The summed E-state index contributed by atoms with van der Waals surface area (Å²) in [5.74, 6) is -0.632. The van der Waals surface area contributed by atoms with E-state index in [1.54, 1.807) is 25.3 Å². The van der Waals surface area contributed by atoms with Gasteiger partial charge >= 0.3 is 5.97 Å². The maximum Gasteiger partial charge on any atom is 0.343 e. The van der Waals surface area contributed by atoms with E-state index in [0.29, 0.717) is 22.3 Å². The monoisotopic (exact) mass is 462 g/mol. The van der Waals surface area contributed by atoms with Crippen LogP contribution in [0.1, 0.15) is 16.1 Å². The van der Waals surface area contributed by atoms with Gasteiger partial charge in [-0.05, 0) is 43.5 Å². The van der Waals surface area contributed by atoms with Gasteiger partial charge in [-0.2, -0.15) is 0 Å². The van der Waals surface area contributed by atoms with E-state index in [4.69, 9.17) is 14.3 Å². The molecule has 0 aliphatic carbocycles. The standard InChI is InChI=1S/C19H18N4O6S2/c1-11-16(18(30-2)23-17(21-11)14-7-4-8-28-14)19(25)29-10-15(24)22-12-5-3-6-13(9-12)31(20,26)27/h3-9H,10H2,1-2H3,(H,22,24)(H2,20,26,27). The molecule has 162 valence electrons. The largest absolute Gasteiger partial charge is 0.461 e. The smallest absolute Gasteiger partial charge is 0.343 e. The third-order valence-electron chi connectivity index (χ3n) is 3.98. The van der Waals surface area contributed by atoms with E-state index in [1.165, 1.54) is 42.3 Å². The predicted molar refractivity (Wildman–Crippen MR) is 113 cm³/mol. The van der Waals surface area contributed by atoms with Crippen molar-refractivity contribution in [1.29, 1.82) is 0 Å². The van der Waals surface area contributed by atoms with Crippen LogP contribution in [-0.2, 0) is 19.6 Å². The summed E-state index contributed by atoms with van der Waals surface area (Å²) in [6.07, 6.45) is 3.24. The van der Waals surface area contributed by atoms with Crippen LogP contribution in [0.4, 0.5) is 5.69 Å². The number of primary sulfonamides is 1. The molecule has 0 bridgehead atoms. The van der Waals surface area contributed by atoms with Crippen molar-refractivity contribution in [2.75, 3.05) is 18.2 Å². The molecule has 12 heteroatoms. The molecule has 2 aromatic heterocycles. The number of nitrogens with zero attached hydrogens (tertiary/aromatic N) is 2. The number of thioether (sulfide) groups is 1. The number of carbonyl (C=O) groups excluding carboxylic acids is 2. The summed E-state index contributed by atoms with van der Waals surface area (Å²) in [4.78, 5) is 33.2. The molecular weight excluding hydrogens is 444 g/mol. The third-order valence-corrected chi connectivity index (χ3v) is 5.57. The lowest BCUT2D eigenvalue weighted by Crippen LogP contribution is -2.22. The first-order valence-electron chi connectivity index (χ1n) is 8.75. The summed E-state index contributed by atoms with van der Waals surface area (Å²) in [5, 5.41) is 7.90. The number of hydrogen-bond donors (Lipinski definition) is 2. The van der Waals surface area contributed by atoms with E-state index in [-0.39, 0.29) is 16.1 Å². The number of aromatic nitrogens is 2. The van der Waals surface area contributed by atoms with Gasteiger partial charge in [0.05, 0.1) is 16.9 Å². The Labute approximate surface area is 182 Å². The lowest BCUT2D eigenvalue weighted by Gasteiger charge is -2.11. The second kappa shape index (κ2) is 9.29. The Morgan fingerprint density at radius 3 is 2.65 bits per heavy atom. The quantitative estimate of drug-likeness (QED) is 0.305. The van der Waals surface area contributed by atoms with Gasteiger partial charge in [-0.15, -0.1) is 11.8 Å². The Morgan fingerprint density at radius 1 is 1.23 bits per heavy atom. The van der Waals surface area contributed by atoms with Crippen LogP contribution in [0.3, 0.4) is 0 Å². The number of furan rings is 1. The molecule has 1 amide bonds. The maximum atomic E-state index is 12.6. The highest BCUT2D eigenvalue weighted by atomic mass is 32.2. The number of amides is 1. The number of rotatable bonds is 7. The average molecular weight is 463 g/mol. The number of sulfonamides is 1. The van der Waals surface area contributed by atoms with E-state index in [1.807, 2.05) is 0 Å². The van der Waals surface area contributed by atoms with Crippen molar-refractivity contribution in [3.05, 3.63) is 53.9 Å². The molecule has 0 atom stereocenters. The molecule has 0 saturated carbocycles. The van der Waals surface area contributed by atoms with Crippen LogP contribution in [-0.4, -0.2) is 43.1 Å². The van der Waals surface area contributed by atoms with Crippen molar-refractivity contribution in [3.63, 3.8) is 0 Å². The summed E-state index contributed by atoms with van der Waals surface area (Å²) >= 11 is 1.23. The molecule has 31 heavy (non-hydrogen) atoms. The van der Waals surface area contributed by atoms with Gasteiger partial charge in [-0.1, -0.05) is 6.07 Å². The Bertz CT molecular complexity index is 1230. The van der Waals surface area contributed by atoms with E-state index in [0.717, 1.165) is 0 Å². The number of ether oxygens (including phenoxy) is 1. The lowest BCUT2D eigenvalue weighted by atomic mass is 10.2. The van der Waals surface area contributed by atoms with Crippen LogP contribution in [0.25, 0.3) is 11.6 Å². The lowest BCUT2D eigenvalue weighted by molar-refractivity contribution is -0.119. The van der Waals surface area contributed by atoms with Gasteiger partial charge in [-0.3, -0.25) is 4.79 Å². The molecule has 3 aromatic rings. The number of aryl methyl sites for hydroxylation is 1. The minimum Gasteiger partial charge on any atom is -0.461 e. The highest BCUT2D eigenvalue weighted by molar-refractivity contribution is 7.98. The van der Waals surface area contributed by atoms with Gasteiger partial charge < -0.3 is 14.5 Å². The maximum absolute atomic E-state index is 12.6. The van der Waals surface area contributed by atoms with Crippen molar-refractivity contribution >= 4 is 39.3 Å². The topological polar surface area (TPSA) is 154 Å². The van der Waals surface area contributed by atoms with Gasteiger partial charge in [0.1, 0.15) is 10.6 Å². The van der Waals surface area contributed by atoms with Crippen molar-refractivity contribution in [2.24, 2.45) is 5.14 Å². The van der Waals surface area contributed by atoms with Gasteiger partial charge in [0.2, 0.25) is 10.0 Å². The number of benzene rings is 1. The van der Waals surface area contributed by atoms with Gasteiger partial charge in [-0.25, -0.2) is 28.3 Å². The summed E-state index contributed by atoms with van der Waals surface area (Å²) in [6.45, 7) is 1.04. The first-order chi connectivity index (χ1) is 14.7. The average Bonchev–Trinajstić information content (AvgIpc) is 3.26. The fraction of sp³-hybridized carbons (Fsp3) is 0.158. The predicted octanol–water partition coefficient (Wildman–Crippen LogP) is 2.21. The van der Waals surface area contributed by atoms with E-state index >= 15 is 0 Å². The number of anilines is 1. The zero-order chi connectivity index (χ0) is 22.6. The molecule has 0 fully saturated rings. The first-order valence-corrected chi connectivity index (χ1v) is 11.5. The van der Waals surface area contributed by atoms with Crippen LogP contribution in [0, 0.1) is 6.92 Å². The Kier molecular flexibility index (Phi) is 6.73. The first kappa shape index (κ1) is 22.5. The normalized spacial score (nSPS) is 11.2. The number of hydrogen-bond acceptors (Lipinski definition) is 9. The second-order valence-corrected chi connectivity index (χ2v) is 8.55. The number of nitrogens with two attached hydrogens (primary N) is 1.